The van der Waals surface area contributed by atoms with Crippen molar-refractivity contribution in [2.24, 2.45) is 0 Å². The van der Waals surface area contributed by atoms with E-state index in [1.807, 2.05) is 20.1 Å². The Morgan fingerprint density at radius 2 is 2.07 bits per heavy atom. The number of thioether (sulfide) groups is 1. The van der Waals surface area contributed by atoms with Gasteiger partial charge in [-0.3, -0.25) is 9.59 Å². The van der Waals surface area contributed by atoms with Crippen LogP contribution in [-0.4, -0.2) is 58.9 Å². The van der Waals surface area contributed by atoms with Crippen molar-refractivity contribution < 1.29 is 24.2 Å². The monoisotopic (exact) mass is 408 g/mol. The minimum atomic E-state index is -0.658. The molecule has 0 radical (unpaired) electrons. The molecule has 0 unspecified atom stereocenters. The molecule has 1 aliphatic heterocycles. The van der Waals surface area contributed by atoms with Gasteiger partial charge >= 0.3 is 5.97 Å². The molecule has 1 aliphatic rings. The Balaban J connectivity index is 2.14. The molecule has 28 heavy (non-hydrogen) atoms. The highest BCUT2D eigenvalue weighted by molar-refractivity contribution is 7.98. The van der Waals surface area contributed by atoms with Crippen LogP contribution in [0.2, 0.25) is 0 Å². The average Bonchev–Trinajstić information content (AvgIpc) is 3.17. The van der Waals surface area contributed by atoms with Gasteiger partial charge in [-0.1, -0.05) is 12.1 Å². The number of aliphatic hydroxyl groups excluding tert-OH is 1. The molecule has 2 N–H and O–H groups in total. The predicted octanol–water partition coefficient (Wildman–Crippen LogP) is 1.56. The quantitative estimate of drug-likeness (QED) is 0.366. The number of hydrogen-bond donors (Lipinski definition) is 2. The van der Waals surface area contributed by atoms with Crippen molar-refractivity contribution in [2.45, 2.75) is 51.8 Å². The molecule has 1 aromatic rings. The van der Waals surface area contributed by atoms with E-state index in [2.05, 4.69) is 5.32 Å². The van der Waals surface area contributed by atoms with Crippen molar-refractivity contribution in [1.82, 2.24) is 10.2 Å². The molecule has 1 saturated heterocycles. The van der Waals surface area contributed by atoms with Crippen molar-refractivity contribution in [2.75, 3.05) is 18.6 Å². The Labute approximate surface area is 169 Å². The largest absolute Gasteiger partial charge is 0.424 e. The van der Waals surface area contributed by atoms with Gasteiger partial charge < -0.3 is 20.1 Å². The van der Waals surface area contributed by atoms with Gasteiger partial charge in [0.2, 0.25) is 12.3 Å². The molecule has 8 heteroatoms. The number of carbonyl (C=O) groups is 3. The van der Waals surface area contributed by atoms with Crippen molar-refractivity contribution in [1.29, 1.82) is 0 Å². The number of aryl methyl sites for hydroxylation is 2. The summed E-state index contributed by atoms with van der Waals surface area (Å²) in [5, 5.41) is 11.9. The number of ether oxygens (including phenoxy) is 1. The van der Waals surface area contributed by atoms with Gasteiger partial charge in [-0.2, -0.15) is 11.8 Å². The normalized spacial score (nSPS) is 17.3. The molecule has 2 rings (SSSR count). The zero-order valence-corrected chi connectivity index (χ0v) is 17.4. The fourth-order valence-corrected chi connectivity index (χ4v) is 4.00. The van der Waals surface area contributed by atoms with Gasteiger partial charge in [-0.05, 0) is 61.8 Å². The predicted molar refractivity (Wildman–Crippen MR) is 108 cm³/mol. The molecule has 1 heterocycles. The Morgan fingerprint density at radius 1 is 1.39 bits per heavy atom. The zero-order valence-electron chi connectivity index (χ0n) is 16.6. The van der Waals surface area contributed by atoms with E-state index in [9.17, 15) is 19.5 Å². The van der Waals surface area contributed by atoms with E-state index in [0.29, 0.717) is 38.0 Å². The summed E-state index contributed by atoms with van der Waals surface area (Å²) in [6, 6.07) is 2.26. The molecule has 0 aliphatic carbocycles. The molecule has 2 atom stereocenters. The van der Waals surface area contributed by atoms with Crippen LogP contribution < -0.4 is 10.1 Å². The number of benzene rings is 1. The first-order chi connectivity index (χ1) is 13.4. The maximum absolute atomic E-state index is 12.9. The smallest absolute Gasteiger partial charge is 0.334 e. The third-order valence-corrected chi connectivity index (χ3v) is 5.54. The van der Waals surface area contributed by atoms with Crippen LogP contribution >= 0.6 is 11.8 Å². The van der Waals surface area contributed by atoms with E-state index in [-0.39, 0.29) is 12.5 Å². The lowest BCUT2D eigenvalue weighted by atomic mass is 10.1. The molecule has 1 aromatic carbocycles. The third kappa shape index (κ3) is 5.26. The molecule has 0 spiro atoms. The Bertz CT molecular complexity index is 702. The number of rotatable bonds is 9. The van der Waals surface area contributed by atoms with E-state index in [4.69, 9.17) is 4.74 Å². The SMILES string of the molecule is CSCC[C@H](NC=O)C(=O)N1CCC[C@@H]1C(=O)Oc1c(C)cc(CO)cc1C. The maximum atomic E-state index is 12.9. The van der Waals surface area contributed by atoms with Crippen LogP contribution in [0.4, 0.5) is 0 Å². The number of likely N-dealkylation sites (tertiary alicyclic amines) is 1. The van der Waals surface area contributed by atoms with Crippen LogP contribution in [0, 0.1) is 13.8 Å². The lowest BCUT2D eigenvalue weighted by Gasteiger charge is -2.27. The van der Waals surface area contributed by atoms with Gasteiger partial charge in [0.05, 0.1) is 6.61 Å². The lowest BCUT2D eigenvalue weighted by Crippen LogP contribution is -2.51. The zero-order chi connectivity index (χ0) is 20.7. The van der Waals surface area contributed by atoms with Gasteiger partial charge in [0.1, 0.15) is 17.8 Å². The molecular weight excluding hydrogens is 380 g/mol. The van der Waals surface area contributed by atoms with Crippen LogP contribution in [0.15, 0.2) is 12.1 Å². The Morgan fingerprint density at radius 3 is 2.64 bits per heavy atom. The van der Waals surface area contributed by atoms with Crippen LogP contribution in [0.1, 0.15) is 36.0 Å². The summed E-state index contributed by atoms with van der Waals surface area (Å²) in [4.78, 5) is 38.1. The van der Waals surface area contributed by atoms with Crippen molar-refractivity contribution in [3.63, 3.8) is 0 Å². The van der Waals surface area contributed by atoms with Crippen LogP contribution in [0.5, 0.6) is 5.75 Å². The van der Waals surface area contributed by atoms with Gasteiger partial charge in [0, 0.05) is 6.54 Å². The van der Waals surface area contributed by atoms with Gasteiger partial charge in [0.15, 0.2) is 0 Å². The van der Waals surface area contributed by atoms with Crippen molar-refractivity contribution in [3.8, 4) is 5.75 Å². The first-order valence-electron chi connectivity index (χ1n) is 9.34. The highest BCUT2D eigenvalue weighted by Crippen LogP contribution is 2.27. The fraction of sp³-hybridized carbons (Fsp3) is 0.550. The van der Waals surface area contributed by atoms with Gasteiger partial charge in [0.25, 0.3) is 0 Å². The van der Waals surface area contributed by atoms with E-state index < -0.39 is 18.1 Å². The van der Waals surface area contributed by atoms with Crippen molar-refractivity contribution >= 4 is 30.0 Å². The second-order valence-electron chi connectivity index (χ2n) is 6.95. The van der Waals surface area contributed by atoms with Crippen LogP contribution in [0.3, 0.4) is 0 Å². The Hall–Kier alpha value is -2.06. The summed E-state index contributed by atoms with van der Waals surface area (Å²) >= 11 is 1.59. The second-order valence-corrected chi connectivity index (χ2v) is 7.93. The van der Waals surface area contributed by atoms with Crippen LogP contribution in [0.25, 0.3) is 0 Å². The first kappa shape index (κ1) is 22.2. The molecule has 154 valence electrons. The highest BCUT2D eigenvalue weighted by Gasteiger charge is 2.38. The summed E-state index contributed by atoms with van der Waals surface area (Å²) in [5.74, 6) is 0.482. The first-order valence-corrected chi connectivity index (χ1v) is 10.7. The van der Waals surface area contributed by atoms with E-state index in [1.54, 1.807) is 23.9 Å². The third-order valence-electron chi connectivity index (χ3n) is 4.89. The molecule has 0 aromatic heterocycles. The van der Waals surface area contributed by atoms with E-state index >= 15 is 0 Å². The summed E-state index contributed by atoms with van der Waals surface area (Å²) in [6.45, 7) is 4.02. The molecular formula is C20H28N2O5S. The molecule has 2 amide bonds. The molecule has 0 bridgehead atoms. The number of nitrogens with zero attached hydrogens (tertiary/aromatic N) is 1. The standard InChI is InChI=1S/C20H28N2O5S/c1-13-9-15(11-23)10-14(2)18(13)27-20(26)17-5-4-7-22(17)19(25)16(21-12-24)6-8-28-3/h9-10,12,16-17,23H,4-8,11H2,1-3H3,(H,21,24)/t16-,17+/m0/s1. The summed E-state index contributed by atoms with van der Waals surface area (Å²) in [6.07, 6.45) is 4.22. The number of amides is 2. The van der Waals surface area contributed by atoms with Gasteiger partial charge in [-0.25, -0.2) is 4.79 Å². The number of carbonyl (C=O) groups excluding carboxylic acids is 3. The van der Waals surface area contributed by atoms with Crippen molar-refractivity contribution in [3.05, 3.63) is 28.8 Å². The number of aliphatic hydroxyl groups is 1. The lowest BCUT2D eigenvalue weighted by molar-refractivity contribution is -0.147. The van der Waals surface area contributed by atoms with Crippen LogP contribution in [-0.2, 0) is 21.0 Å². The minimum absolute atomic E-state index is 0.0814. The second kappa shape index (κ2) is 10.5. The summed E-state index contributed by atoms with van der Waals surface area (Å²) in [5.41, 5.74) is 2.27. The maximum Gasteiger partial charge on any atom is 0.334 e. The Kier molecular flexibility index (Phi) is 8.32. The van der Waals surface area contributed by atoms with Gasteiger partial charge in [-0.15, -0.1) is 0 Å². The van der Waals surface area contributed by atoms with E-state index in [0.717, 1.165) is 22.4 Å². The number of nitrogens with one attached hydrogen (secondary N) is 1. The number of esters is 1. The fourth-order valence-electron chi connectivity index (χ4n) is 3.53. The summed E-state index contributed by atoms with van der Waals surface area (Å²) < 4.78 is 5.65. The highest BCUT2D eigenvalue weighted by atomic mass is 32.2. The average molecular weight is 409 g/mol. The molecule has 7 nitrogen and oxygen atoms in total. The minimum Gasteiger partial charge on any atom is -0.424 e. The molecule has 1 fully saturated rings. The van der Waals surface area contributed by atoms with E-state index in [1.165, 1.54) is 4.90 Å². The molecule has 0 saturated carbocycles. The number of hydrogen-bond acceptors (Lipinski definition) is 6. The topological polar surface area (TPSA) is 95.9 Å². The summed E-state index contributed by atoms with van der Waals surface area (Å²) in [7, 11) is 0.